The smallest absolute Gasteiger partial charge is 0.345 e. The first-order valence-electron chi connectivity index (χ1n) is 9.39. The highest BCUT2D eigenvalue weighted by Crippen LogP contribution is 2.30. The molecule has 0 radical (unpaired) electrons. The Hall–Kier alpha value is -3.95. The lowest BCUT2D eigenvalue weighted by molar-refractivity contribution is -0.137. The van der Waals surface area contributed by atoms with Crippen molar-refractivity contribution < 1.29 is 22.8 Å². The Morgan fingerprint density at radius 2 is 1.72 bits per heavy atom. The quantitative estimate of drug-likeness (QED) is 0.668. The van der Waals surface area contributed by atoms with Crippen LogP contribution in [0.25, 0.3) is 5.69 Å². The molecule has 0 aliphatic carbocycles. The Morgan fingerprint density at radius 1 is 1.03 bits per heavy atom. The number of aryl methyl sites for hydroxylation is 1. The number of amides is 2. The molecule has 0 aliphatic heterocycles. The van der Waals surface area contributed by atoms with Gasteiger partial charge in [-0.3, -0.25) is 14.4 Å². The largest absolute Gasteiger partial charge is 0.416 e. The molecule has 3 aromatic rings. The van der Waals surface area contributed by atoms with Crippen LogP contribution >= 0.6 is 0 Å². The van der Waals surface area contributed by atoms with E-state index >= 15 is 0 Å². The van der Waals surface area contributed by atoms with Crippen LogP contribution in [0.4, 0.5) is 18.9 Å². The van der Waals surface area contributed by atoms with Crippen LogP contribution in [0.15, 0.2) is 59.4 Å². The van der Waals surface area contributed by atoms with E-state index in [-0.39, 0.29) is 23.0 Å². The lowest BCUT2D eigenvalue weighted by atomic mass is 10.1. The monoisotopic (exact) mass is 444 g/mol. The van der Waals surface area contributed by atoms with Gasteiger partial charge in [0.2, 0.25) is 5.43 Å². The van der Waals surface area contributed by atoms with Crippen molar-refractivity contribution in [2.45, 2.75) is 13.1 Å². The van der Waals surface area contributed by atoms with Crippen LogP contribution in [0.2, 0.25) is 0 Å². The topological polar surface area (TPSA) is 84.3 Å². The third kappa shape index (κ3) is 4.85. The maximum absolute atomic E-state index is 13.1. The van der Waals surface area contributed by atoms with Gasteiger partial charge in [-0.05, 0) is 43.3 Å². The van der Waals surface area contributed by atoms with E-state index in [0.29, 0.717) is 5.56 Å². The molecule has 1 aromatic heterocycles. The first-order valence-corrected chi connectivity index (χ1v) is 9.39. The first-order chi connectivity index (χ1) is 15.0. The number of nitrogens with one attached hydrogen (secondary N) is 1. The van der Waals surface area contributed by atoms with Crippen molar-refractivity contribution in [2.75, 3.05) is 19.4 Å². The van der Waals surface area contributed by atoms with Crippen LogP contribution in [0, 0.1) is 6.92 Å². The van der Waals surface area contributed by atoms with Crippen molar-refractivity contribution >= 4 is 17.5 Å². The summed E-state index contributed by atoms with van der Waals surface area (Å²) in [6.45, 7) is 1.49. The molecule has 0 unspecified atom stereocenters. The molecule has 1 N–H and O–H groups in total. The van der Waals surface area contributed by atoms with Gasteiger partial charge in [-0.25, -0.2) is 4.68 Å². The fourth-order valence-corrected chi connectivity index (χ4v) is 2.96. The summed E-state index contributed by atoms with van der Waals surface area (Å²) in [5, 5.41) is 6.50. The van der Waals surface area contributed by atoms with Crippen LogP contribution in [-0.2, 0) is 6.18 Å². The van der Waals surface area contributed by atoms with Gasteiger partial charge in [-0.15, -0.1) is 0 Å². The highest BCUT2D eigenvalue weighted by atomic mass is 19.4. The molecule has 3 rings (SSSR count). The number of nitrogens with zero attached hydrogens (tertiary/aromatic N) is 3. The standard InChI is InChI=1S/C22H19F3N4O3/c1-13-10-18(30)19(27-29(13)17-9-5-7-15(12-17)22(23,24)25)20(31)26-16-8-4-6-14(11-16)21(32)28(2)3/h4-12H,1-3H3,(H,26,31). The molecule has 0 saturated carbocycles. The molecule has 0 spiro atoms. The molecule has 2 aromatic carbocycles. The lowest BCUT2D eigenvalue weighted by Gasteiger charge is -2.14. The van der Waals surface area contributed by atoms with Crippen molar-refractivity contribution in [3.63, 3.8) is 0 Å². The maximum atomic E-state index is 13.1. The van der Waals surface area contributed by atoms with Gasteiger partial charge in [0.05, 0.1) is 11.3 Å². The third-order valence-corrected chi connectivity index (χ3v) is 4.51. The summed E-state index contributed by atoms with van der Waals surface area (Å²) in [4.78, 5) is 38.6. The van der Waals surface area contributed by atoms with E-state index in [0.717, 1.165) is 22.9 Å². The summed E-state index contributed by atoms with van der Waals surface area (Å²) in [6, 6.07) is 11.6. The molecule has 0 saturated heterocycles. The van der Waals surface area contributed by atoms with E-state index in [9.17, 15) is 27.6 Å². The molecule has 32 heavy (non-hydrogen) atoms. The third-order valence-electron chi connectivity index (χ3n) is 4.51. The zero-order valence-corrected chi connectivity index (χ0v) is 17.4. The van der Waals surface area contributed by atoms with Crippen molar-refractivity contribution in [2.24, 2.45) is 0 Å². The second kappa shape index (κ2) is 8.66. The second-order valence-electron chi connectivity index (χ2n) is 7.19. The number of halogens is 3. The molecule has 10 heteroatoms. The Morgan fingerprint density at radius 3 is 2.38 bits per heavy atom. The molecule has 166 valence electrons. The molecule has 0 atom stereocenters. The molecule has 1 heterocycles. The van der Waals surface area contributed by atoms with E-state index in [1.807, 2.05) is 0 Å². The SMILES string of the molecule is Cc1cc(=O)c(C(=O)Nc2cccc(C(=O)N(C)C)c2)nn1-c1cccc(C(F)(F)F)c1. The van der Waals surface area contributed by atoms with Crippen molar-refractivity contribution in [3.8, 4) is 5.69 Å². The minimum atomic E-state index is -4.56. The Labute approximate surface area is 181 Å². The number of hydrogen-bond acceptors (Lipinski definition) is 4. The fourth-order valence-electron chi connectivity index (χ4n) is 2.96. The summed E-state index contributed by atoms with van der Waals surface area (Å²) in [6.07, 6.45) is -4.56. The van der Waals surface area contributed by atoms with Gasteiger partial charge in [0.15, 0.2) is 5.69 Å². The molecule has 0 bridgehead atoms. The molecule has 2 amide bonds. The number of rotatable bonds is 4. The number of hydrogen-bond donors (Lipinski definition) is 1. The highest BCUT2D eigenvalue weighted by molar-refractivity contribution is 6.03. The summed E-state index contributed by atoms with van der Waals surface area (Å²) < 4.78 is 40.3. The minimum absolute atomic E-state index is 0.0463. The van der Waals surface area contributed by atoms with Gasteiger partial charge in [0.1, 0.15) is 0 Å². The fraction of sp³-hybridized carbons (Fsp3) is 0.182. The summed E-state index contributed by atoms with van der Waals surface area (Å²) in [5.74, 6) is -1.13. The first kappa shape index (κ1) is 22.7. The van der Waals surface area contributed by atoms with Crippen LogP contribution in [-0.4, -0.2) is 40.6 Å². The van der Waals surface area contributed by atoms with Gasteiger partial charge in [0.25, 0.3) is 11.8 Å². The van der Waals surface area contributed by atoms with E-state index < -0.39 is 28.8 Å². The van der Waals surface area contributed by atoms with Crippen LogP contribution in [0.1, 0.15) is 32.1 Å². The van der Waals surface area contributed by atoms with Crippen LogP contribution in [0.3, 0.4) is 0 Å². The number of carbonyl (C=O) groups is 2. The van der Waals surface area contributed by atoms with Crippen molar-refractivity contribution in [1.82, 2.24) is 14.7 Å². The normalized spacial score (nSPS) is 11.2. The van der Waals surface area contributed by atoms with Gasteiger partial charge >= 0.3 is 6.18 Å². The van der Waals surface area contributed by atoms with Gasteiger partial charge in [-0.2, -0.15) is 18.3 Å². The predicted octanol–water partition coefficient (Wildman–Crippen LogP) is 3.51. The summed E-state index contributed by atoms with van der Waals surface area (Å²) in [7, 11) is 3.17. The Bertz CT molecular complexity index is 1250. The number of alkyl halides is 3. The average molecular weight is 444 g/mol. The Balaban J connectivity index is 1.96. The van der Waals surface area contributed by atoms with Gasteiger partial charge < -0.3 is 10.2 Å². The Kier molecular flexibility index (Phi) is 6.15. The number of carbonyl (C=O) groups excluding carboxylic acids is 2. The summed E-state index contributed by atoms with van der Waals surface area (Å²) >= 11 is 0. The number of benzene rings is 2. The molecular formula is C22H19F3N4O3. The highest BCUT2D eigenvalue weighted by Gasteiger charge is 2.30. The minimum Gasteiger partial charge on any atom is -0.345 e. The summed E-state index contributed by atoms with van der Waals surface area (Å²) in [5.41, 5.74) is -1.19. The molecule has 0 aliphatic rings. The zero-order chi connectivity index (χ0) is 23.6. The molecule has 7 nitrogen and oxygen atoms in total. The van der Waals surface area contributed by atoms with Gasteiger partial charge in [0, 0.05) is 37.1 Å². The molecular weight excluding hydrogens is 425 g/mol. The van der Waals surface area contributed by atoms with E-state index in [1.54, 1.807) is 26.2 Å². The van der Waals surface area contributed by atoms with E-state index in [1.165, 1.54) is 36.1 Å². The maximum Gasteiger partial charge on any atom is 0.416 e. The average Bonchev–Trinajstić information content (AvgIpc) is 2.72. The van der Waals surface area contributed by atoms with Gasteiger partial charge in [-0.1, -0.05) is 12.1 Å². The van der Waals surface area contributed by atoms with E-state index in [4.69, 9.17) is 0 Å². The predicted molar refractivity (Wildman–Crippen MR) is 112 cm³/mol. The van der Waals surface area contributed by atoms with E-state index in [2.05, 4.69) is 10.4 Å². The number of aromatic nitrogens is 2. The second-order valence-corrected chi connectivity index (χ2v) is 7.19. The van der Waals surface area contributed by atoms with Crippen LogP contribution in [0.5, 0.6) is 0 Å². The number of anilines is 1. The van der Waals surface area contributed by atoms with Crippen molar-refractivity contribution in [1.29, 1.82) is 0 Å². The zero-order valence-electron chi connectivity index (χ0n) is 17.4. The van der Waals surface area contributed by atoms with Crippen molar-refractivity contribution in [3.05, 3.63) is 87.3 Å². The lowest BCUT2D eigenvalue weighted by Crippen LogP contribution is -2.27. The molecule has 0 fully saturated rings. The van der Waals surface area contributed by atoms with Crippen LogP contribution < -0.4 is 10.7 Å².